The van der Waals surface area contributed by atoms with Crippen molar-refractivity contribution >= 4 is 11.8 Å². The molecule has 1 saturated heterocycles. The van der Waals surface area contributed by atoms with Crippen LogP contribution in [-0.2, 0) is 4.79 Å². The Morgan fingerprint density at radius 3 is 3.06 bits per heavy atom. The van der Waals surface area contributed by atoms with E-state index in [0.717, 1.165) is 6.42 Å². The lowest BCUT2D eigenvalue weighted by atomic mass is 9.83. The molecule has 0 spiro atoms. The van der Waals surface area contributed by atoms with Crippen molar-refractivity contribution in [3.05, 3.63) is 22.7 Å². The minimum Gasteiger partial charge on any atom is -0.481 e. The predicted octanol–water partition coefficient (Wildman–Crippen LogP) is 0.851. The zero-order chi connectivity index (χ0) is 13.2. The van der Waals surface area contributed by atoms with Crippen molar-refractivity contribution < 1.29 is 9.90 Å². The molecule has 0 amide bonds. The highest BCUT2D eigenvalue weighted by Crippen LogP contribution is 2.36. The molecule has 98 valence electrons. The summed E-state index contributed by atoms with van der Waals surface area (Å²) in [5.74, 6) is -0.199. The lowest BCUT2D eigenvalue weighted by Gasteiger charge is -2.24. The predicted molar refractivity (Wildman–Crippen MR) is 66.7 cm³/mol. The summed E-state index contributed by atoms with van der Waals surface area (Å²) < 4.78 is 0. The SMILES string of the molecule is CCCC1(C(=O)O)CCN(c2cc(=O)[nH]cn2)C1. The molecule has 1 aromatic heterocycles. The summed E-state index contributed by atoms with van der Waals surface area (Å²) >= 11 is 0. The Morgan fingerprint density at radius 2 is 2.44 bits per heavy atom. The molecule has 2 heterocycles. The standard InChI is InChI=1S/C12H17N3O3/c1-2-3-12(11(17)18)4-5-15(7-12)9-6-10(16)14-8-13-9/h6,8H,2-5,7H2,1H3,(H,17,18)(H,13,14,16). The van der Waals surface area contributed by atoms with E-state index in [0.29, 0.717) is 31.7 Å². The number of hydrogen-bond donors (Lipinski definition) is 2. The van der Waals surface area contributed by atoms with Crippen LogP contribution in [0.5, 0.6) is 0 Å². The van der Waals surface area contributed by atoms with Gasteiger partial charge in [-0.3, -0.25) is 9.59 Å². The van der Waals surface area contributed by atoms with Gasteiger partial charge >= 0.3 is 5.97 Å². The average molecular weight is 251 g/mol. The minimum absolute atomic E-state index is 0.219. The van der Waals surface area contributed by atoms with Gasteiger partial charge in [-0.1, -0.05) is 13.3 Å². The average Bonchev–Trinajstić information content (AvgIpc) is 2.75. The molecule has 0 radical (unpaired) electrons. The molecule has 6 heteroatoms. The Hall–Kier alpha value is -1.85. The molecule has 1 aliphatic rings. The van der Waals surface area contributed by atoms with Crippen molar-refractivity contribution in [3.63, 3.8) is 0 Å². The van der Waals surface area contributed by atoms with Gasteiger partial charge in [0.1, 0.15) is 5.82 Å². The number of aromatic nitrogens is 2. The van der Waals surface area contributed by atoms with Crippen LogP contribution < -0.4 is 10.5 Å². The van der Waals surface area contributed by atoms with Crippen molar-refractivity contribution in [1.29, 1.82) is 0 Å². The van der Waals surface area contributed by atoms with E-state index in [1.807, 2.05) is 11.8 Å². The Bertz CT molecular complexity index is 499. The lowest BCUT2D eigenvalue weighted by Crippen LogP contribution is -2.35. The van der Waals surface area contributed by atoms with Gasteiger partial charge in [-0.05, 0) is 12.8 Å². The van der Waals surface area contributed by atoms with Crippen molar-refractivity contribution in [2.24, 2.45) is 5.41 Å². The van der Waals surface area contributed by atoms with Crippen LogP contribution >= 0.6 is 0 Å². The molecule has 18 heavy (non-hydrogen) atoms. The van der Waals surface area contributed by atoms with Crippen LogP contribution in [-0.4, -0.2) is 34.1 Å². The van der Waals surface area contributed by atoms with Gasteiger partial charge < -0.3 is 15.0 Å². The van der Waals surface area contributed by atoms with E-state index in [2.05, 4.69) is 9.97 Å². The van der Waals surface area contributed by atoms with E-state index in [1.165, 1.54) is 12.4 Å². The highest BCUT2D eigenvalue weighted by Gasteiger charge is 2.44. The molecule has 1 aromatic rings. The first-order chi connectivity index (χ1) is 8.57. The topological polar surface area (TPSA) is 86.3 Å². The Labute approximate surface area is 105 Å². The summed E-state index contributed by atoms with van der Waals surface area (Å²) in [6, 6.07) is 1.41. The molecule has 6 nitrogen and oxygen atoms in total. The number of hydrogen-bond acceptors (Lipinski definition) is 4. The molecule has 0 saturated carbocycles. The third kappa shape index (κ3) is 2.23. The second-order valence-corrected chi connectivity index (χ2v) is 4.78. The summed E-state index contributed by atoms with van der Waals surface area (Å²) in [7, 11) is 0. The van der Waals surface area contributed by atoms with Crippen molar-refractivity contribution in [2.45, 2.75) is 26.2 Å². The fourth-order valence-electron chi connectivity index (χ4n) is 2.56. The number of nitrogens with one attached hydrogen (secondary N) is 1. The molecule has 1 fully saturated rings. The van der Waals surface area contributed by atoms with Gasteiger partial charge in [0.25, 0.3) is 5.56 Å². The zero-order valence-electron chi connectivity index (χ0n) is 10.3. The first-order valence-corrected chi connectivity index (χ1v) is 6.10. The molecule has 0 aromatic carbocycles. The molecule has 1 aliphatic heterocycles. The van der Waals surface area contributed by atoms with Crippen LogP contribution in [0.1, 0.15) is 26.2 Å². The summed E-state index contributed by atoms with van der Waals surface area (Å²) in [4.78, 5) is 31.1. The van der Waals surface area contributed by atoms with Gasteiger partial charge in [0.2, 0.25) is 0 Å². The maximum atomic E-state index is 11.4. The van der Waals surface area contributed by atoms with Crippen LogP contribution in [0.15, 0.2) is 17.2 Å². The maximum absolute atomic E-state index is 11.4. The third-order valence-electron chi connectivity index (χ3n) is 3.52. The van der Waals surface area contributed by atoms with Crippen LogP contribution in [0.25, 0.3) is 0 Å². The maximum Gasteiger partial charge on any atom is 0.311 e. The molecule has 2 N–H and O–H groups in total. The van der Waals surface area contributed by atoms with Gasteiger partial charge in [0.05, 0.1) is 11.7 Å². The number of H-pyrrole nitrogens is 1. The zero-order valence-corrected chi connectivity index (χ0v) is 10.3. The monoisotopic (exact) mass is 251 g/mol. The van der Waals surface area contributed by atoms with Crippen molar-refractivity contribution in [1.82, 2.24) is 9.97 Å². The minimum atomic E-state index is -0.753. The summed E-state index contributed by atoms with van der Waals surface area (Å²) in [5.41, 5.74) is -0.915. The number of anilines is 1. The fourth-order valence-corrected chi connectivity index (χ4v) is 2.56. The van der Waals surface area contributed by atoms with E-state index >= 15 is 0 Å². The lowest BCUT2D eigenvalue weighted by molar-refractivity contribution is -0.148. The molecular weight excluding hydrogens is 234 g/mol. The van der Waals surface area contributed by atoms with Crippen LogP contribution in [0.4, 0.5) is 5.82 Å². The van der Waals surface area contributed by atoms with Gasteiger partial charge in [-0.15, -0.1) is 0 Å². The van der Waals surface area contributed by atoms with Crippen LogP contribution in [0.3, 0.4) is 0 Å². The normalized spacial score (nSPS) is 23.3. The quantitative estimate of drug-likeness (QED) is 0.828. The molecule has 0 bridgehead atoms. The number of aromatic amines is 1. The summed E-state index contributed by atoms with van der Waals surface area (Å²) in [5, 5.41) is 9.40. The van der Waals surface area contributed by atoms with E-state index in [-0.39, 0.29) is 5.56 Å². The second-order valence-electron chi connectivity index (χ2n) is 4.78. The Balaban J connectivity index is 2.21. The van der Waals surface area contributed by atoms with Crippen molar-refractivity contribution in [2.75, 3.05) is 18.0 Å². The Kier molecular flexibility index (Phi) is 3.36. The second kappa shape index (κ2) is 4.80. The van der Waals surface area contributed by atoms with Gasteiger partial charge in [-0.2, -0.15) is 0 Å². The molecule has 1 unspecified atom stereocenters. The number of nitrogens with zero attached hydrogens (tertiary/aromatic N) is 2. The highest BCUT2D eigenvalue weighted by molar-refractivity contribution is 5.76. The fraction of sp³-hybridized carbons (Fsp3) is 0.583. The highest BCUT2D eigenvalue weighted by atomic mass is 16.4. The number of carbonyl (C=O) groups is 1. The number of carboxylic acids is 1. The summed E-state index contributed by atoms with van der Waals surface area (Å²) in [6.07, 6.45) is 3.44. The largest absolute Gasteiger partial charge is 0.481 e. The van der Waals surface area contributed by atoms with Crippen molar-refractivity contribution in [3.8, 4) is 0 Å². The van der Waals surface area contributed by atoms with Gasteiger partial charge in [0, 0.05) is 19.2 Å². The van der Waals surface area contributed by atoms with E-state index in [9.17, 15) is 14.7 Å². The third-order valence-corrected chi connectivity index (χ3v) is 3.52. The first kappa shape index (κ1) is 12.6. The van der Waals surface area contributed by atoms with E-state index in [1.54, 1.807) is 0 Å². The van der Waals surface area contributed by atoms with Crippen LogP contribution in [0.2, 0.25) is 0 Å². The van der Waals surface area contributed by atoms with Crippen LogP contribution in [0, 0.1) is 5.41 Å². The summed E-state index contributed by atoms with van der Waals surface area (Å²) in [6.45, 7) is 3.04. The van der Waals surface area contributed by atoms with Gasteiger partial charge in [-0.25, -0.2) is 4.98 Å². The number of aliphatic carboxylic acids is 1. The Morgan fingerprint density at radius 1 is 1.67 bits per heavy atom. The molecule has 0 aliphatic carbocycles. The van der Waals surface area contributed by atoms with Gasteiger partial charge in [0.15, 0.2) is 0 Å². The number of carboxylic acid groups (broad SMARTS) is 1. The number of rotatable bonds is 4. The first-order valence-electron chi connectivity index (χ1n) is 6.10. The molecular formula is C12H17N3O3. The smallest absolute Gasteiger partial charge is 0.311 e. The molecule has 1 atom stereocenters. The van der Waals surface area contributed by atoms with E-state index in [4.69, 9.17) is 0 Å². The molecule has 2 rings (SSSR count). The van der Waals surface area contributed by atoms with E-state index < -0.39 is 11.4 Å².